The van der Waals surface area contributed by atoms with E-state index in [0.717, 1.165) is 18.5 Å². The van der Waals surface area contributed by atoms with E-state index < -0.39 is 0 Å². The number of pyridine rings is 1. The molecular weight excluding hydrogens is 253 g/mol. The molecule has 0 spiro atoms. The molecule has 0 aliphatic rings. The summed E-state index contributed by atoms with van der Waals surface area (Å²) in [5.74, 6) is -0.187. The molecule has 0 saturated carbocycles. The van der Waals surface area contributed by atoms with Gasteiger partial charge in [-0.1, -0.05) is 12.1 Å². The van der Waals surface area contributed by atoms with Gasteiger partial charge in [0, 0.05) is 26.0 Å². The smallest absolute Gasteiger partial charge is 0.146 e. The number of halogens is 1. The number of anilines is 1. The molecule has 0 radical (unpaired) electrons. The molecule has 0 aliphatic heterocycles. The minimum Gasteiger partial charge on any atom is -0.372 e. The van der Waals surface area contributed by atoms with Crippen LogP contribution in [0.5, 0.6) is 0 Å². The SMILES string of the molecule is CN(CCc1ccncc1)c1c(F)cccc1CCN. The van der Waals surface area contributed by atoms with E-state index in [2.05, 4.69) is 4.98 Å². The highest BCUT2D eigenvalue weighted by Gasteiger charge is 2.12. The van der Waals surface area contributed by atoms with Crippen molar-refractivity contribution >= 4 is 5.69 Å². The highest BCUT2D eigenvalue weighted by Crippen LogP contribution is 2.24. The maximum absolute atomic E-state index is 14.1. The molecule has 1 aromatic carbocycles. The maximum atomic E-state index is 14.1. The Morgan fingerprint density at radius 2 is 1.90 bits per heavy atom. The predicted octanol–water partition coefficient (Wildman–Crippen LogP) is 2.40. The van der Waals surface area contributed by atoms with Crippen molar-refractivity contribution in [2.45, 2.75) is 12.8 Å². The van der Waals surface area contributed by atoms with E-state index in [9.17, 15) is 4.39 Å². The Morgan fingerprint density at radius 1 is 1.15 bits per heavy atom. The molecule has 20 heavy (non-hydrogen) atoms. The first-order chi connectivity index (χ1) is 9.72. The lowest BCUT2D eigenvalue weighted by Gasteiger charge is -2.23. The van der Waals surface area contributed by atoms with Crippen molar-refractivity contribution in [1.29, 1.82) is 0 Å². The van der Waals surface area contributed by atoms with Crippen molar-refractivity contribution in [3.8, 4) is 0 Å². The minimum atomic E-state index is -0.187. The molecular formula is C16H20FN3. The van der Waals surface area contributed by atoms with Crippen molar-refractivity contribution < 1.29 is 4.39 Å². The normalized spacial score (nSPS) is 10.6. The summed E-state index contributed by atoms with van der Waals surface area (Å²) >= 11 is 0. The lowest BCUT2D eigenvalue weighted by atomic mass is 10.1. The lowest BCUT2D eigenvalue weighted by Crippen LogP contribution is -2.23. The molecule has 2 rings (SSSR count). The first-order valence-electron chi connectivity index (χ1n) is 6.80. The molecule has 0 fully saturated rings. The average molecular weight is 273 g/mol. The van der Waals surface area contributed by atoms with Crippen LogP contribution in [0.1, 0.15) is 11.1 Å². The molecule has 1 heterocycles. The number of hydrogen-bond donors (Lipinski definition) is 1. The summed E-state index contributed by atoms with van der Waals surface area (Å²) in [7, 11) is 1.92. The van der Waals surface area contributed by atoms with Gasteiger partial charge in [0.1, 0.15) is 5.82 Å². The van der Waals surface area contributed by atoms with Gasteiger partial charge in [0.05, 0.1) is 5.69 Å². The molecule has 0 aliphatic carbocycles. The fraction of sp³-hybridized carbons (Fsp3) is 0.312. The molecule has 0 unspecified atom stereocenters. The Labute approximate surface area is 119 Å². The average Bonchev–Trinajstić information content (AvgIpc) is 2.46. The monoisotopic (exact) mass is 273 g/mol. The van der Waals surface area contributed by atoms with Crippen LogP contribution in [-0.4, -0.2) is 25.1 Å². The van der Waals surface area contributed by atoms with Crippen LogP contribution >= 0.6 is 0 Å². The van der Waals surface area contributed by atoms with Crippen molar-refractivity contribution in [3.63, 3.8) is 0 Å². The number of benzene rings is 1. The quantitative estimate of drug-likeness (QED) is 0.879. The zero-order valence-electron chi connectivity index (χ0n) is 11.7. The number of nitrogens with two attached hydrogens (primary N) is 1. The zero-order valence-corrected chi connectivity index (χ0v) is 11.7. The molecule has 0 bridgehead atoms. The van der Waals surface area contributed by atoms with Crippen LogP contribution < -0.4 is 10.6 Å². The fourth-order valence-corrected chi connectivity index (χ4v) is 2.30. The van der Waals surface area contributed by atoms with E-state index in [1.54, 1.807) is 18.5 Å². The van der Waals surface area contributed by atoms with E-state index >= 15 is 0 Å². The van der Waals surface area contributed by atoms with Gasteiger partial charge in [-0.15, -0.1) is 0 Å². The standard InChI is InChI=1S/C16H20FN3/c1-20(12-8-13-6-10-19-11-7-13)16-14(5-9-18)3-2-4-15(16)17/h2-4,6-7,10-11H,5,8-9,12,18H2,1H3. The Hall–Kier alpha value is -1.94. The molecule has 1 aromatic heterocycles. The van der Waals surface area contributed by atoms with E-state index in [1.165, 1.54) is 11.6 Å². The van der Waals surface area contributed by atoms with Crippen LogP contribution in [0.2, 0.25) is 0 Å². The summed E-state index contributed by atoms with van der Waals surface area (Å²) in [6, 6.07) is 9.14. The van der Waals surface area contributed by atoms with Crippen LogP contribution in [0.4, 0.5) is 10.1 Å². The van der Waals surface area contributed by atoms with E-state index in [4.69, 9.17) is 5.73 Å². The number of likely N-dealkylation sites (N-methyl/N-ethyl adjacent to an activating group) is 1. The van der Waals surface area contributed by atoms with Gasteiger partial charge in [-0.3, -0.25) is 4.98 Å². The van der Waals surface area contributed by atoms with Gasteiger partial charge < -0.3 is 10.6 Å². The predicted molar refractivity (Wildman–Crippen MR) is 80.4 cm³/mol. The third-order valence-electron chi connectivity index (χ3n) is 3.35. The van der Waals surface area contributed by atoms with Crippen LogP contribution in [-0.2, 0) is 12.8 Å². The summed E-state index contributed by atoms with van der Waals surface area (Å²) in [4.78, 5) is 5.95. The molecule has 0 amide bonds. The van der Waals surface area contributed by atoms with Crippen molar-refractivity contribution in [1.82, 2.24) is 4.98 Å². The van der Waals surface area contributed by atoms with Crippen LogP contribution in [0.15, 0.2) is 42.7 Å². The van der Waals surface area contributed by atoms with Crippen molar-refractivity contribution in [3.05, 3.63) is 59.7 Å². The van der Waals surface area contributed by atoms with Gasteiger partial charge in [-0.2, -0.15) is 0 Å². The molecule has 2 aromatic rings. The number of hydrogen-bond acceptors (Lipinski definition) is 3. The van der Waals surface area contributed by atoms with Gasteiger partial charge in [0.2, 0.25) is 0 Å². The Balaban J connectivity index is 2.10. The molecule has 2 N–H and O–H groups in total. The number of rotatable bonds is 6. The number of nitrogens with zero attached hydrogens (tertiary/aromatic N) is 2. The van der Waals surface area contributed by atoms with Crippen LogP contribution in [0, 0.1) is 5.82 Å². The Bertz CT molecular complexity index is 543. The fourth-order valence-electron chi connectivity index (χ4n) is 2.30. The summed E-state index contributed by atoms with van der Waals surface area (Å²) in [6.45, 7) is 1.27. The summed E-state index contributed by atoms with van der Waals surface area (Å²) in [5.41, 5.74) is 8.42. The Kier molecular flexibility index (Phi) is 5.07. The van der Waals surface area contributed by atoms with E-state index in [-0.39, 0.29) is 5.82 Å². The first kappa shape index (κ1) is 14.5. The first-order valence-corrected chi connectivity index (χ1v) is 6.80. The lowest BCUT2D eigenvalue weighted by molar-refractivity contribution is 0.619. The molecule has 3 nitrogen and oxygen atoms in total. The van der Waals surface area contributed by atoms with Crippen LogP contribution in [0.3, 0.4) is 0 Å². The second-order valence-electron chi connectivity index (χ2n) is 4.81. The largest absolute Gasteiger partial charge is 0.372 e. The molecule has 0 atom stereocenters. The summed E-state index contributed by atoms with van der Waals surface area (Å²) in [5, 5.41) is 0. The summed E-state index contributed by atoms with van der Waals surface area (Å²) < 4.78 is 14.1. The zero-order chi connectivity index (χ0) is 14.4. The van der Waals surface area contributed by atoms with Crippen molar-refractivity contribution in [2.24, 2.45) is 5.73 Å². The highest BCUT2D eigenvalue weighted by molar-refractivity contribution is 5.54. The second kappa shape index (κ2) is 7.01. The Morgan fingerprint density at radius 3 is 2.60 bits per heavy atom. The van der Waals surface area contributed by atoms with Gasteiger partial charge in [-0.05, 0) is 48.7 Å². The van der Waals surface area contributed by atoms with Gasteiger partial charge in [0.15, 0.2) is 0 Å². The van der Waals surface area contributed by atoms with Crippen LogP contribution in [0.25, 0.3) is 0 Å². The number of aromatic nitrogens is 1. The third kappa shape index (κ3) is 3.54. The molecule has 106 valence electrons. The van der Waals surface area contributed by atoms with E-state index in [0.29, 0.717) is 18.7 Å². The van der Waals surface area contributed by atoms with E-state index in [1.807, 2.05) is 30.1 Å². The van der Waals surface area contributed by atoms with Gasteiger partial charge in [0.25, 0.3) is 0 Å². The van der Waals surface area contributed by atoms with Gasteiger partial charge in [-0.25, -0.2) is 4.39 Å². The second-order valence-corrected chi connectivity index (χ2v) is 4.81. The number of para-hydroxylation sites is 1. The minimum absolute atomic E-state index is 0.187. The molecule has 4 heteroatoms. The molecule has 0 saturated heterocycles. The maximum Gasteiger partial charge on any atom is 0.146 e. The highest BCUT2D eigenvalue weighted by atomic mass is 19.1. The third-order valence-corrected chi connectivity index (χ3v) is 3.35. The van der Waals surface area contributed by atoms with Gasteiger partial charge >= 0.3 is 0 Å². The van der Waals surface area contributed by atoms with Crippen molar-refractivity contribution in [2.75, 3.05) is 25.0 Å². The summed E-state index contributed by atoms with van der Waals surface area (Å²) in [6.07, 6.45) is 5.10. The topological polar surface area (TPSA) is 42.2 Å².